The largest absolute Gasteiger partial charge is 0.379 e. The lowest BCUT2D eigenvalue weighted by molar-refractivity contribution is 0.00698. The van der Waals surface area contributed by atoms with Gasteiger partial charge in [-0.3, -0.25) is 0 Å². The van der Waals surface area contributed by atoms with E-state index in [-0.39, 0.29) is 5.60 Å². The zero-order valence-corrected chi connectivity index (χ0v) is 13.7. The SMILES string of the molecule is CCCNC(CC(C)(C)OC)c1cccc2ccsc12. The van der Waals surface area contributed by atoms with Gasteiger partial charge in [-0.05, 0) is 55.6 Å². The maximum Gasteiger partial charge on any atom is 0.0640 e. The third-order valence-corrected chi connectivity index (χ3v) is 4.75. The Hall–Kier alpha value is -0.900. The molecule has 0 saturated carbocycles. The smallest absolute Gasteiger partial charge is 0.0640 e. The normalized spacial score (nSPS) is 13.8. The van der Waals surface area contributed by atoms with Gasteiger partial charge in [0.1, 0.15) is 0 Å². The quantitative estimate of drug-likeness (QED) is 0.794. The van der Waals surface area contributed by atoms with E-state index in [0.717, 1.165) is 19.4 Å². The van der Waals surface area contributed by atoms with Crippen molar-refractivity contribution in [3.63, 3.8) is 0 Å². The Morgan fingerprint density at radius 2 is 2.10 bits per heavy atom. The number of benzene rings is 1. The van der Waals surface area contributed by atoms with Crippen molar-refractivity contribution >= 4 is 21.4 Å². The summed E-state index contributed by atoms with van der Waals surface area (Å²) in [6.45, 7) is 7.55. The molecule has 0 fully saturated rings. The predicted molar refractivity (Wildman–Crippen MR) is 88.6 cm³/mol. The fourth-order valence-electron chi connectivity index (χ4n) is 2.48. The van der Waals surface area contributed by atoms with Crippen molar-refractivity contribution in [1.29, 1.82) is 0 Å². The second-order valence-corrected chi connectivity index (χ2v) is 6.78. The van der Waals surface area contributed by atoms with Crippen molar-refractivity contribution in [2.75, 3.05) is 13.7 Å². The average molecular weight is 291 g/mol. The molecule has 20 heavy (non-hydrogen) atoms. The molecule has 0 aliphatic rings. The first-order chi connectivity index (χ1) is 9.57. The summed E-state index contributed by atoms with van der Waals surface area (Å²) < 4.78 is 7.02. The summed E-state index contributed by atoms with van der Waals surface area (Å²) in [6, 6.07) is 9.13. The molecule has 1 atom stereocenters. The van der Waals surface area contributed by atoms with Crippen molar-refractivity contribution in [2.45, 2.75) is 45.3 Å². The standard InChI is InChI=1S/C17H25NOS/c1-5-10-18-15(12-17(2,3)19-4)14-8-6-7-13-9-11-20-16(13)14/h6-9,11,15,18H,5,10,12H2,1-4H3. The molecule has 0 aliphatic carbocycles. The third-order valence-electron chi connectivity index (χ3n) is 3.77. The highest BCUT2D eigenvalue weighted by atomic mass is 32.1. The van der Waals surface area contributed by atoms with Gasteiger partial charge in [-0.15, -0.1) is 11.3 Å². The summed E-state index contributed by atoms with van der Waals surface area (Å²) in [7, 11) is 1.79. The Kier molecular flexibility index (Phi) is 5.19. The summed E-state index contributed by atoms with van der Waals surface area (Å²) in [5.41, 5.74) is 1.28. The van der Waals surface area contributed by atoms with Gasteiger partial charge in [0.05, 0.1) is 5.60 Å². The van der Waals surface area contributed by atoms with Crippen LogP contribution in [0.4, 0.5) is 0 Å². The number of hydrogen-bond acceptors (Lipinski definition) is 3. The highest BCUT2D eigenvalue weighted by molar-refractivity contribution is 7.17. The Morgan fingerprint density at radius 1 is 1.30 bits per heavy atom. The van der Waals surface area contributed by atoms with Gasteiger partial charge in [0.15, 0.2) is 0 Å². The van der Waals surface area contributed by atoms with E-state index in [1.54, 1.807) is 7.11 Å². The Balaban J connectivity index is 2.32. The highest BCUT2D eigenvalue weighted by Gasteiger charge is 2.24. The van der Waals surface area contributed by atoms with E-state index in [2.05, 4.69) is 55.7 Å². The third kappa shape index (κ3) is 3.60. The second-order valence-electron chi connectivity index (χ2n) is 5.86. The van der Waals surface area contributed by atoms with Crippen molar-refractivity contribution in [1.82, 2.24) is 5.32 Å². The summed E-state index contributed by atoms with van der Waals surface area (Å²) in [4.78, 5) is 0. The van der Waals surface area contributed by atoms with Crippen LogP contribution in [0.5, 0.6) is 0 Å². The first-order valence-corrected chi connectivity index (χ1v) is 8.20. The van der Waals surface area contributed by atoms with E-state index in [1.165, 1.54) is 15.6 Å². The van der Waals surface area contributed by atoms with Gasteiger partial charge in [0, 0.05) is 17.9 Å². The molecule has 110 valence electrons. The second kappa shape index (κ2) is 6.70. The van der Waals surface area contributed by atoms with Crippen molar-refractivity contribution in [2.24, 2.45) is 0 Å². The number of hydrogen-bond donors (Lipinski definition) is 1. The number of thiophene rings is 1. The number of nitrogens with one attached hydrogen (secondary N) is 1. The van der Waals surface area contributed by atoms with E-state index in [9.17, 15) is 0 Å². The van der Waals surface area contributed by atoms with Gasteiger partial charge in [0.25, 0.3) is 0 Å². The monoisotopic (exact) mass is 291 g/mol. The molecule has 0 spiro atoms. The summed E-state index contributed by atoms with van der Waals surface area (Å²) in [6.07, 6.45) is 2.12. The van der Waals surface area contributed by atoms with Gasteiger partial charge in [-0.1, -0.05) is 25.1 Å². The summed E-state index contributed by atoms with van der Waals surface area (Å²) in [5, 5.41) is 7.20. The molecule has 1 aromatic heterocycles. The maximum absolute atomic E-state index is 5.63. The lowest BCUT2D eigenvalue weighted by Crippen LogP contribution is -2.32. The van der Waals surface area contributed by atoms with Crippen LogP contribution in [0, 0.1) is 0 Å². The van der Waals surface area contributed by atoms with Crippen molar-refractivity contribution < 1.29 is 4.74 Å². The van der Waals surface area contributed by atoms with Gasteiger partial charge in [-0.25, -0.2) is 0 Å². The highest BCUT2D eigenvalue weighted by Crippen LogP contribution is 2.33. The molecule has 2 nitrogen and oxygen atoms in total. The predicted octanol–water partition coefficient (Wildman–Crippen LogP) is 4.76. The molecule has 1 N–H and O–H groups in total. The zero-order valence-electron chi connectivity index (χ0n) is 12.9. The average Bonchev–Trinajstić information content (AvgIpc) is 2.91. The van der Waals surface area contributed by atoms with Crippen molar-refractivity contribution in [3.05, 3.63) is 35.2 Å². The van der Waals surface area contributed by atoms with Crippen LogP contribution in [0.1, 0.15) is 45.2 Å². The zero-order chi connectivity index (χ0) is 14.6. The minimum absolute atomic E-state index is 0.120. The minimum atomic E-state index is -0.120. The van der Waals surface area contributed by atoms with E-state index in [4.69, 9.17) is 4.74 Å². The molecule has 2 aromatic rings. The molecule has 1 heterocycles. The van der Waals surface area contributed by atoms with Crippen LogP contribution in [0.3, 0.4) is 0 Å². The lowest BCUT2D eigenvalue weighted by atomic mass is 9.93. The first kappa shape index (κ1) is 15.5. The summed E-state index contributed by atoms with van der Waals surface area (Å²) in [5.74, 6) is 0. The molecule has 0 amide bonds. The molecule has 0 saturated heterocycles. The number of rotatable bonds is 7. The molecule has 1 unspecified atom stereocenters. The molecular formula is C17H25NOS. The van der Waals surface area contributed by atoms with Crippen LogP contribution in [0.15, 0.2) is 29.6 Å². The van der Waals surface area contributed by atoms with E-state index >= 15 is 0 Å². The lowest BCUT2D eigenvalue weighted by Gasteiger charge is -2.30. The van der Waals surface area contributed by atoms with E-state index in [0.29, 0.717) is 6.04 Å². The Labute approximate surface area is 126 Å². The topological polar surface area (TPSA) is 21.3 Å². The van der Waals surface area contributed by atoms with Crippen LogP contribution in [0.2, 0.25) is 0 Å². The molecule has 2 rings (SSSR count). The molecular weight excluding hydrogens is 266 g/mol. The van der Waals surface area contributed by atoms with Crippen molar-refractivity contribution in [3.8, 4) is 0 Å². The number of ether oxygens (including phenoxy) is 1. The Morgan fingerprint density at radius 3 is 2.80 bits per heavy atom. The fourth-order valence-corrected chi connectivity index (χ4v) is 3.45. The van der Waals surface area contributed by atoms with Gasteiger partial charge < -0.3 is 10.1 Å². The molecule has 0 radical (unpaired) electrons. The van der Waals surface area contributed by atoms with E-state index in [1.807, 2.05) is 11.3 Å². The fraction of sp³-hybridized carbons (Fsp3) is 0.529. The van der Waals surface area contributed by atoms with Crippen LogP contribution in [-0.4, -0.2) is 19.3 Å². The van der Waals surface area contributed by atoms with Gasteiger partial charge in [0.2, 0.25) is 0 Å². The van der Waals surface area contributed by atoms with E-state index < -0.39 is 0 Å². The molecule has 1 aromatic carbocycles. The Bertz CT molecular complexity index is 547. The molecule has 3 heteroatoms. The van der Waals surface area contributed by atoms with Crippen LogP contribution in [-0.2, 0) is 4.74 Å². The van der Waals surface area contributed by atoms with Crippen LogP contribution < -0.4 is 5.32 Å². The van der Waals surface area contributed by atoms with Crippen LogP contribution >= 0.6 is 11.3 Å². The number of methoxy groups -OCH3 is 1. The first-order valence-electron chi connectivity index (χ1n) is 7.32. The van der Waals surface area contributed by atoms with Gasteiger partial charge >= 0.3 is 0 Å². The minimum Gasteiger partial charge on any atom is -0.379 e. The maximum atomic E-state index is 5.63. The summed E-state index contributed by atoms with van der Waals surface area (Å²) >= 11 is 1.83. The molecule has 0 bridgehead atoms. The van der Waals surface area contributed by atoms with Crippen LogP contribution in [0.25, 0.3) is 10.1 Å². The number of fused-ring (bicyclic) bond motifs is 1. The van der Waals surface area contributed by atoms with Gasteiger partial charge in [-0.2, -0.15) is 0 Å². The molecule has 0 aliphatic heterocycles.